The van der Waals surface area contributed by atoms with Crippen molar-refractivity contribution in [3.05, 3.63) is 64.7 Å². The summed E-state index contributed by atoms with van der Waals surface area (Å²) in [7, 11) is 0. The van der Waals surface area contributed by atoms with E-state index in [9.17, 15) is 14.4 Å². The summed E-state index contributed by atoms with van der Waals surface area (Å²) in [4.78, 5) is 41.2. The average molecular weight is 446 g/mol. The Bertz CT molecular complexity index is 1140. The van der Waals surface area contributed by atoms with Crippen molar-refractivity contribution in [1.82, 2.24) is 15.1 Å². The Balaban J connectivity index is 1.20. The van der Waals surface area contributed by atoms with Gasteiger partial charge >= 0.3 is 0 Å². The average Bonchev–Trinajstić information content (AvgIpc) is 3.32. The van der Waals surface area contributed by atoms with E-state index in [0.717, 1.165) is 49.4 Å². The molecule has 0 saturated carbocycles. The molecule has 7 nitrogen and oxygen atoms in total. The summed E-state index contributed by atoms with van der Waals surface area (Å²) >= 11 is 0. The highest BCUT2D eigenvalue weighted by Gasteiger charge is 2.46. The zero-order valence-electron chi connectivity index (χ0n) is 18.5. The fourth-order valence-electron chi connectivity index (χ4n) is 5.82. The van der Waals surface area contributed by atoms with Crippen LogP contribution in [0.15, 0.2) is 42.5 Å². The Morgan fingerprint density at radius 3 is 2.61 bits per heavy atom. The van der Waals surface area contributed by atoms with E-state index in [-0.39, 0.29) is 29.6 Å². The van der Waals surface area contributed by atoms with Gasteiger partial charge in [-0.3, -0.25) is 24.6 Å². The first-order chi connectivity index (χ1) is 16.0. The standard InChI is InChI=1S/C26H27N3O4/c30-23-7-6-21(24(31)27-23)29-15-18-12-22-20(13-19(18)25(29)32)26(16-33-22)8-10-28(11-9-26)14-17-4-2-1-3-5-17/h1-5,12-13,21H,6-11,14-16H2,(H,27,30,31). The monoisotopic (exact) mass is 445 g/mol. The fraction of sp³-hybridized carbons (Fsp3) is 0.423. The number of benzene rings is 2. The van der Waals surface area contributed by atoms with Gasteiger partial charge in [-0.1, -0.05) is 30.3 Å². The van der Waals surface area contributed by atoms with E-state index in [2.05, 4.69) is 34.5 Å². The molecule has 7 heteroatoms. The van der Waals surface area contributed by atoms with Crippen LogP contribution in [-0.4, -0.2) is 53.3 Å². The Labute approximate surface area is 192 Å². The van der Waals surface area contributed by atoms with Gasteiger partial charge in [-0.2, -0.15) is 0 Å². The Kier molecular flexibility index (Phi) is 4.76. The molecule has 2 aromatic rings. The topological polar surface area (TPSA) is 79.0 Å². The SMILES string of the molecule is O=C1CCC(N2Cc3cc4c(cc3C2=O)C2(CCN(Cc3ccccc3)CC2)CO4)C(=O)N1. The largest absolute Gasteiger partial charge is 0.492 e. The second kappa shape index (κ2) is 7.70. The molecule has 2 fully saturated rings. The van der Waals surface area contributed by atoms with Gasteiger partial charge in [0.05, 0.1) is 6.61 Å². The molecule has 4 aliphatic heterocycles. The van der Waals surface area contributed by atoms with Crippen LogP contribution in [0.2, 0.25) is 0 Å². The first-order valence-electron chi connectivity index (χ1n) is 11.7. The van der Waals surface area contributed by atoms with Crippen molar-refractivity contribution in [1.29, 1.82) is 0 Å². The van der Waals surface area contributed by atoms with Gasteiger partial charge in [0.15, 0.2) is 0 Å². The minimum atomic E-state index is -0.589. The zero-order chi connectivity index (χ0) is 22.6. The summed E-state index contributed by atoms with van der Waals surface area (Å²) in [5.74, 6) is 0.112. The summed E-state index contributed by atoms with van der Waals surface area (Å²) < 4.78 is 6.15. The van der Waals surface area contributed by atoms with Gasteiger partial charge in [-0.15, -0.1) is 0 Å². The molecule has 1 N–H and O–H groups in total. The maximum atomic E-state index is 13.3. The molecule has 0 aliphatic carbocycles. The quantitative estimate of drug-likeness (QED) is 0.734. The lowest BCUT2D eigenvalue weighted by atomic mass is 9.74. The molecule has 170 valence electrons. The van der Waals surface area contributed by atoms with Gasteiger partial charge in [0.25, 0.3) is 5.91 Å². The molecule has 3 amide bonds. The van der Waals surface area contributed by atoms with Crippen molar-refractivity contribution in [2.24, 2.45) is 0 Å². The predicted octanol–water partition coefficient (Wildman–Crippen LogP) is 2.37. The summed E-state index contributed by atoms with van der Waals surface area (Å²) in [5, 5.41) is 2.37. The Morgan fingerprint density at radius 1 is 1.06 bits per heavy atom. The van der Waals surface area contributed by atoms with Crippen LogP contribution in [-0.2, 0) is 28.1 Å². The molecule has 1 spiro atoms. The second-order valence-electron chi connectivity index (χ2n) is 9.74. The number of carbonyl (C=O) groups is 3. The number of nitrogens with one attached hydrogen (secondary N) is 1. The lowest BCUT2D eigenvalue weighted by Crippen LogP contribution is -2.52. The molecule has 0 bridgehead atoms. The molecule has 4 heterocycles. The van der Waals surface area contributed by atoms with Gasteiger partial charge in [-0.05, 0) is 55.6 Å². The molecule has 2 saturated heterocycles. The van der Waals surface area contributed by atoms with Crippen LogP contribution in [0.25, 0.3) is 0 Å². The highest BCUT2D eigenvalue weighted by molar-refractivity contribution is 6.05. The van der Waals surface area contributed by atoms with E-state index in [1.54, 1.807) is 4.90 Å². The number of carbonyl (C=O) groups excluding carboxylic acids is 3. The third kappa shape index (κ3) is 3.42. The van der Waals surface area contributed by atoms with Crippen LogP contribution in [0.1, 0.15) is 52.7 Å². The number of hydrogen-bond donors (Lipinski definition) is 1. The molecule has 6 rings (SSSR count). The van der Waals surface area contributed by atoms with Crippen LogP contribution >= 0.6 is 0 Å². The summed E-state index contributed by atoms with van der Waals surface area (Å²) in [6.45, 7) is 3.98. The number of ether oxygens (including phenoxy) is 1. The Hall–Kier alpha value is -3.19. The van der Waals surface area contributed by atoms with Gasteiger partial charge in [0, 0.05) is 36.1 Å². The van der Waals surface area contributed by atoms with E-state index in [1.807, 2.05) is 18.2 Å². The number of piperidine rings is 2. The van der Waals surface area contributed by atoms with Gasteiger partial charge in [-0.25, -0.2) is 0 Å². The molecule has 0 radical (unpaired) electrons. The van der Waals surface area contributed by atoms with E-state index in [1.165, 1.54) is 5.56 Å². The van der Waals surface area contributed by atoms with Crippen molar-refractivity contribution in [3.63, 3.8) is 0 Å². The molecule has 0 aromatic heterocycles. The molecule has 1 unspecified atom stereocenters. The van der Waals surface area contributed by atoms with Gasteiger partial charge in [0.1, 0.15) is 11.8 Å². The van der Waals surface area contributed by atoms with Crippen molar-refractivity contribution >= 4 is 17.7 Å². The van der Waals surface area contributed by atoms with Crippen molar-refractivity contribution < 1.29 is 19.1 Å². The number of rotatable bonds is 3. The van der Waals surface area contributed by atoms with Crippen LogP contribution in [0.3, 0.4) is 0 Å². The summed E-state index contributed by atoms with van der Waals surface area (Å²) in [6, 6.07) is 14.0. The van der Waals surface area contributed by atoms with Crippen LogP contribution in [0.5, 0.6) is 5.75 Å². The van der Waals surface area contributed by atoms with E-state index in [0.29, 0.717) is 25.1 Å². The van der Waals surface area contributed by atoms with Crippen LogP contribution in [0.4, 0.5) is 0 Å². The number of amides is 3. The second-order valence-corrected chi connectivity index (χ2v) is 9.74. The maximum absolute atomic E-state index is 13.3. The first kappa shape index (κ1) is 20.4. The van der Waals surface area contributed by atoms with Crippen molar-refractivity contribution in [3.8, 4) is 5.75 Å². The van der Waals surface area contributed by atoms with Crippen molar-refractivity contribution in [2.45, 2.75) is 50.2 Å². The molecular formula is C26H27N3O4. The number of imide groups is 1. The van der Waals surface area contributed by atoms with Crippen LogP contribution in [0, 0.1) is 0 Å². The highest BCUT2D eigenvalue weighted by atomic mass is 16.5. The van der Waals surface area contributed by atoms with E-state index >= 15 is 0 Å². The zero-order valence-corrected chi connectivity index (χ0v) is 18.5. The number of fused-ring (bicyclic) bond motifs is 3. The van der Waals surface area contributed by atoms with E-state index < -0.39 is 6.04 Å². The lowest BCUT2D eigenvalue weighted by Gasteiger charge is -2.38. The molecular weight excluding hydrogens is 418 g/mol. The Morgan fingerprint density at radius 2 is 1.85 bits per heavy atom. The molecule has 33 heavy (non-hydrogen) atoms. The smallest absolute Gasteiger partial charge is 0.255 e. The summed E-state index contributed by atoms with van der Waals surface area (Å²) in [6.07, 6.45) is 2.63. The number of likely N-dealkylation sites (tertiary alicyclic amines) is 1. The molecule has 2 aromatic carbocycles. The highest BCUT2D eigenvalue weighted by Crippen LogP contribution is 2.48. The predicted molar refractivity (Wildman–Crippen MR) is 121 cm³/mol. The molecule has 4 aliphatic rings. The minimum absolute atomic E-state index is 0.0557. The van der Waals surface area contributed by atoms with Crippen molar-refractivity contribution in [2.75, 3.05) is 19.7 Å². The molecule has 1 atom stereocenters. The summed E-state index contributed by atoms with van der Waals surface area (Å²) in [5.41, 5.74) is 3.99. The fourth-order valence-corrected chi connectivity index (χ4v) is 5.82. The van der Waals surface area contributed by atoms with Gasteiger partial charge < -0.3 is 9.64 Å². The van der Waals surface area contributed by atoms with Gasteiger partial charge in [0.2, 0.25) is 11.8 Å². The third-order valence-electron chi connectivity index (χ3n) is 7.76. The van der Waals surface area contributed by atoms with E-state index in [4.69, 9.17) is 4.74 Å². The lowest BCUT2D eigenvalue weighted by molar-refractivity contribution is -0.136. The first-order valence-corrected chi connectivity index (χ1v) is 11.7. The van der Waals surface area contributed by atoms with Crippen LogP contribution < -0.4 is 10.1 Å². The number of hydrogen-bond acceptors (Lipinski definition) is 5. The maximum Gasteiger partial charge on any atom is 0.255 e. The normalized spacial score (nSPS) is 23.9. The number of nitrogens with zero attached hydrogens (tertiary/aromatic N) is 2. The third-order valence-corrected chi connectivity index (χ3v) is 7.76. The minimum Gasteiger partial charge on any atom is -0.492 e.